The largest absolute Gasteiger partial charge is 0.507 e. The van der Waals surface area contributed by atoms with Crippen LogP contribution in [-0.2, 0) is 20.4 Å². The van der Waals surface area contributed by atoms with Crippen molar-refractivity contribution in [1.29, 1.82) is 0 Å². The third kappa shape index (κ3) is 4.38. The first-order valence-corrected chi connectivity index (χ1v) is 10.1. The van der Waals surface area contributed by atoms with Gasteiger partial charge in [-0.25, -0.2) is 9.69 Å². The summed E-state index contributed by atoms with van der Waals surface area (Å²) in [6.07, 6.45) is 1.48. The van der Waals surface area contributed by atoms with Gasteiger partial charge in [-0.05, 0) is 46.7 Å². The minimum Gasteiger partial charge on any atom is -0.507 e. The summed E-state index contributed by atoms with van der Waals surface area (Å²) < 4.78 is 0. The van der Waals surface area contributed by atoms with E-state index in [1.807, 2.05) is 41.5 Å². The number of barbiturate groups is 1. The molecule has 2 N–H and O–H groups in total. The van der Waals surface area contributed by atoms with Crippen molar-refractivity contribution in [1.82, 2.24) is 5.32 Å². The van der Waals surface area contributed by atoms with Crippen molar-refractivity contribution in [2.45, 2.75) is 52.4 Å². The molecule has 1 heterocycles. The lowest BCUT2D eigenvalue weighted by Gasteiger charge is -2.28. The van der Waals surface area contributed by atoms with Crippen LogP contribution in [0.15, 0.2) is 48.0 Å². The van der Waals surface area contributed by atoms with E-state index in [-0.39, 0.29) is 22.2 Å². The Balaban J connectivity index is 2.16. The fourth-order valence-electron chi connectivity index (χ4n) is 3.52. The Hall–Kier alpha value is -3.41. The number of carbonyl (C=O) groups is 3. The second kappa shape index (κ2) is 7.69. The Morgan fingerprint density at radius 1 is 0.871 bits per heavy atom. The Labute approximate surface area is 182 Å². The highest BCUT2D eigenvalue weighted by Crippen LogP contribution is 2.40. The van der Waals surface area contributed by atoms with Crippen molar-refractivity contribution < 1.29 is 19.5 Å². The zero-order valence-corrected chi connectivity index (χ0v) is 18.7. The SMILES string of the molecule is CC(C)(C)c1cc(/C=C2/C(=O)NC(=O)N(c3ccccc3)C2=O)cc(C(C)(C)C)c1O. The lowest BCUT2D eigenvalue weighted by atomic mass is 9.78. The van der Waals surface area contributed by atoms with Crippen LogP contribution in [0.3, 0.4) is 0 Å². The summed E-state index contributed by atoms with van der Waals surface area (Å²) in [5.41, 5.74) is 1.55. The van der Waals surface area contributed by atoms with E-state index in [1.54, 1.807) is 42.5 Å². The average molecular weight is 421 g/mol. The predicted octanol–water partition coefficient (Wildman–Crippen LogP) is 4.65. The van der Waals surface area contributed by atoms with E-state index in [0.29, 0.717) is 22.4 Å². The molecule has 0 aliphatic carbocycles. The molecule has 2 aromatic rings. The van der Waals surface area contributed by atoms with E-state index in [1.165, 1.54) is 6.08 Å². The van der Waals surface area contributed by atoms with Crippen molar-refractivity contribution in [3.8, 4) is 5.75 Å². The van der Waals surface area contributed by atoms with Crippen LogP contribution in [-0.4, -0.2) is 23.0 Å². The molecule has 0 radical (unpaired) electrons. The van der Waals surface area contributed by atoms with E-state index < -0.39 is 17.8 Å². The van der Waals surface area contributed by atoms with E-state index in [9.17, 15) is 19.5 Å². The van der Waals surface area contributed by atoms with Crippen LogP contribution in [0.1, 0.15) is 58.2 Å². The molecule has 0 aromatic heterocycles. The first-order chi connectivity index (χ1) is 14.3. The van der Waals surface area contributed by atoms with Gasteiger partial charge >= 0.3 is 6.03 Å². The first-order valence-electron chi connectivity index (χ1n) is 10.1. The molecule has 0 saturated carbocycles. The molecular formula is C25H28N2O4. The maximum Gasteiger partial charge on any atom is 0.335 e. The predicted molar refractivity (Wildman–Crippen MR) is 121 cm³/mol. The van der Waals surface area contributed by atoms with Crippen LogP contribution in [0, 0.1) is 0 Å². The van der Waals surface area contributed by atoms with Crippen molar-refractivity contribution in [2.24, 2.45) is 0 Å². The number of phenolic OH excluding ortho intramolecular Hbond substituents is 1. The molecule has 6 heteroatoms. The zero-order valence-electron chi connectivity index (χ0n) is 18.7. The summed E-state index contributed by atoms with van der Waals surface area (Å²) in [7, 11) is 0. The fourth-order valence-corrected chi connectivity index (χ4v) is 3.52. The van der Waals surface area contributed by atoms with Crippen molar-refractivity contribution in [2.75, 3.05) is 4.90 Å². The number of nitrogens with one attached hydrogen (secondary N) is 1. The zero-order chi connectivity index (χ0) is 23.1. The second-order valence-electron chi connectivity index (χ2n) is 9.76. The van der Waals surface area contributed by atoms with Crippen molar-refractivity contribution in [3.05, 3.63) is 64.7 Å². The number of phenols is 1. The topological polar surface area (TPSA) is 86.7 Å². The van der Waals surface area contributed by atoms with Crippen LogP contribution in [0.5, 0.6) is 5.75 Å². The van der Waals surface area contributed by atoms with Crippen LogP contribution < -0.4 is 10.2 Å². The van der Waals surface area contributed by atoms with Crippen LogP contribution in [0.25, 0.3) is 6.08 Å². The van der Waals surface area contributed by atoms with Gasteiger partial charge in [-0.15, -0.1) is 0 Å². The molecule has 4 amide bonds. The number of carbonyl (C=O) groups excluding carboxylic acids is 3. The number of hydrogen-bond donors (Lipinski definition) is 2. The highest BCUT2D eigenvalue weighted by Gasteiger charge is 2.37. The fraction of sp³-hybridized carbons (Fsp3) is 0.320. The Morgan fingerprint density at radius 2 is 1.39 bits per heavy atom. The normalized spacial score (nSPS) is 16.6. The Bertz CT molecular complexity index is 1050. The lowest BCUT2D eigenvalue weighted by Crippen LogP contribution is -2.54. The molecule has 0 spiro atoms. The molecule has 0 atom stereocenters. The minimum atomic E-state index is -0.783. The van der Waals surface area contributed by atoms with Crippen LogP contribution in [0.2, 0.25) is 0 Å². The van der Waals surface area contributed by atoms with E-state index in [2.05, 4.69) is 5.32 Å². The maximum atomic E-state index is 13.1. The second-order valence-corrected chi connectivity index (χ2v) is 9.76. The molecular weight excluding hydrogens is 392 g/mol. The standard InChI is InChI=1S/C25H28N2O4/c1-24(2,3)18-13-15(14-19(20(18)28)25(4,5)6)12-17-21(29)26-23(31)27(22(17)30)16-10-8-7-9-11-16/h7-14,28H,1-6H3,(H,26,29,31)/b17-12-. The first kappa shape index (κ1) is 22.3. The molecule has 31 heavy (non-hydrogen) atoms. The monoisotopic (exact) mass is 420 g/mol. The average Bonchev–Trinajstić information content (AvgIpc) is 2.65. The van der Waals surface area contributed by atoms with Crippen molar-refractivity contribution in [3.63, 3.8) is 0 Å². The molecule has 1 saturated heterocycles. The number of hydrogen-bond acceptors (Lipinski definition) is 4. The van der Waals surface area contributed by atoms with Gasteiger partial charge < -0.3 is 5.11 Å². The number of para-hydroxylation sites is 1. The molecule has 3 rings (SSSR count). The number of anilines is 1. The van der Waals surface area contributed by atoms with Crippen LogP contribution >= 0.6 is 0 Å². The Kier molecular flexibility index (Phi) is 5.53. The van der Waals surface area contributed by atoms with Gasteiger partial charge in [-0.1, -0.05) is 59.7 Å². The number of aromatic hydroxyl groups is 1. The van der Waals surface area contributed by atoms with Gasteiger partial charge in [-0.3, -0.25) is 14.9 Å². The molecule has 162 valence electrons. The van der Waals surface area contributed by atoms with Crippen LogP contribution in [0.4, 0.5) is 10.5 Å². The number of rotatable bonds is 2. The van der Waals surface area contributed by atoms with Gasteiger partial charge in [0, 0.05) is 11.1 Å². The molecule has 1 fully saturated rings. The Morgan fingerprint density at radius 3 is 1.87 bits per heavy atom. The highest BCUT2D eigenvalue weighted by atomic mass is 16.3. The summed E-state index contributed by atoms with van der Waals surface area (Å²) in [6, 6.07) is 11.2. The minimum absolute atomic E-state index is 0.145. The van der Waals surface area contributed by atoms with Gasteiger partial charge in [0.25, 0.3) is 11.8 Å². The van der Waals surface area contributed by atoms with Gasteiger partial charge in [0.15, 0.2) is 0 Å². The van der Waals surface area contributed by atoms with Crippen molar-refractivity contribution >= 4 is 29.6 Å². The number of benzene rings is 2. The number of urea groups is 1. The summed E-state index contributed by atoms with van der Waals surface area (Å²) >= 11 is 0. The number of imide groups is 2. The van der Waals surface area contributed by atoms with Gasteiger partial charge in [-0.2, -0.15) is 0 Å². The summed E-state index contributed by atoms with van der Waals surface area (Å²) in [5.74, 6) is -1.23. The maximum absolute atomic E-state index is 13.1. The molecule has 1 aliphatic rings. The van der Waals surface area contributed by atoms with Gasteiger partial charge in [0.05, 0.1) is 5.69 Å². The molecule has 6 nitrogen and oxygen atoms in total. The van der Waals surface area contributed by atoms with E-state index >= 15 is 0 Å². The van der Waals surface area contributed by atoms with E-state index in [4.69, 9.17) is 0 Å². The van der Waals surface area contributed by atoms with E-state index in [0.717, 1.165) is 4.90 Å². The third-order valence-corrected chi connectivity index (χ3v) is 5.18. The summed E-state index contributed by atoms with van der Waals surface area (Å²) in [5, 5.41) is 13.1. The summed E-state index contributed by atoms with van der Waals surface area (Å²) in [4.78, 5) is 38.9. The third-order valence-electron chi connectivity index (χ3n) is 5.18. The summed E-state index contributed by atoms with van der Waals surface area (Å²) in [6.45, 7) is 11.9. The van der Waals surface area contributed by atoms with Gasteiger partial charge in [0.2, 0.25) is 0 Å². The molecule has 2 aromatic carbocycles. The molecule has 0 unspecified atom stereocenters. The quantitative estimate of drug-likeness (QED) is 0.547. The molecule has 1 aliphatic heterocycles. The smallest absolute Gasteiger partial charge is 0.335 e. The van der Waals surface area contributed by atoms with Gasteiger partial charge in [0.1, 0.15) is 11.3 Å². The number of nitrogens with zero attached hydrogens (tertiary/aromatic N) is 1. The highest BCUT2D eigenvalue weighted by molar-refractivity contribution is 6.39. The lowest BCUT2D eigenvalue weighted by molar-refractivity contribution is -0.122. The molecule has 0 bridgehead atoms. The number of amides is 4.